The van der Waals surface area contributed by atoms with Gasteiger partial charge in [0.1, 0.15) is 0 Å². The summed E-state index contributed by atoms with van der Waals surface area (Å²) in [5.74, 6) is 1.03. The quantitative estimate of drug-likeness (QED) is 0.746. The van der Waals surface area contributed by atoms with Crippen LogP contribution < -0.4 is 5.32 Å². The first-order valence-electron chi connectivity index (χ1n) is 7.02. The van der Waals surface area contributed by atoms with E-state index in [1.54, 1.807) is 0 Å². The molecule has 1 aromatic heterocycles. The van der Waals surface area contributed by atoms with Crippen molar-refractivity contribution in [3.05, 3.63) is 24.0 Å². The van der Waals surface area contributed by atoms with Gasteiger partial charge in [0.05, 0.1) is 0 Å². The van der Waals surface area contributed by atoms with E-state index in [0.717, 1.165) is 19.0 Å². The lowest BCUT2D eigenvalue weighted by atomic mass is 10.1. The molecule has 0 aliphatic carbocycles. The van der Waals surface area contributed by atoms with E-state index in [1.165, 1.54) is 12.1 Å². The van der Waals surface area contributed by atoms with Crippen molar-refractivity contribution in [2.45, 2.75) is 53.2 Å². The Morgan fingerprint density at radius 2 is 2.00 bits per heavy atom. The standard InChI is InChI=1S/C15H28N2O/c1-12(2)7-9-17-8-5-6-15(17)10-16-14(4)13(3)11-18/h5-6,8,12-14,16,18H,7,9-11H2,1-4H3. The van der Waals surface area contributed by atoms with Gasteiger partial charge < -0.3 is 15.0 Å². The number of nitrogens with zero attached hydrogens (tertiary/aromatic N) is 1. The zero-order chi connectivity index (χ0) is 13.5. The van der Waals surface area contributed by atoms with E-state index in [-0.39, 0.29) is 6.61 Å². The second kappa shape index (κ2) is 7.59. The van der Waals surface area contributed by atoms with Gasteiger partial charge in [-0.05, 0) is 37.3 Å². The largest absolute Gasteiger partial charge is 0.396 e. The first-order chi connectivity index (χ1) is 8.54. The van der Waals surface area contributed by atoms with Crippen molar-refractivity contribution in [3.63, 3.8) is 0 Å². The minimum Gasteiger partial charge on any atom is -0.396 e. The Bertz CT molecular complexity index is 333. The molecule has 0 spiro atoms. The van der Waals surface area contributed by atoms with Crippen molar-refractivity contribution in [1.82, 2.24) is 9.88 Å². The molecule has 18 heavy (non-hydrogen) atoms. The molecule has 0 saturated heterocycles. The Kier molecular flexibility index (Phi) is 6.44. The van der Waals surface area contributed by atoms with Gasteiger partial charge in [0.2, 0.25) is 0 Å². The smallest absolute Gasteiger partial charge is 0.0471 e. The highest BCUT2D eigenvalue weighted by Crippen LogP contribution is 2.09. The van der Waals surface area contributed by atoms with Crippen LogP contribution in [0.1, 0.15) is 39.8 Å². The molecule has 0 bridgehead atoms. The highest BCUT2D eigenvalue weighted by atomic mass is 16.3. The van der Waals surface area contributed by atoms with Gasteiger partial charge in [-0.2, -0.15) is 0 Å². The zero-order valence-electron chi connectivity index (χ0n) is 12.2. The maximum Gasteiger partial charge on any atom is 0.0471 e. The Hall–Kier alpha value is -0.800. The molecule has 3 nitrogen and oxygen atoms in total. The van der Waals surface area contributed by atoms with Gasteiger partial charge in [0, 0.05) is 37.6 Å². The topological polar surface area (TPSA) is 37.2 Å². The maximum absolute atomic E-state index is 9.12. The number of aliphatic hydroxyl groups excluding tert-OH is 1. The molecule has 0 amide bonds. The highest BCUT2D eigenvalue weighted by molar-refractivity contribution is 5.07. The van der Waals surface area contributed by atoms with E-state index in [0.29, 0.717) is 12.0 Å². The summed E-state index contributed by atoms with van der Waals surface area (Å²) >= 11 is 0. The molecule has 0 fully saturated rings. The third-order valence-electron chi connectivity index (χ3n) is 3.62. The lowest BCUT2D eigenvalue weighted by Crippen LogP contribution is -2.33. The molecule has 0 radical (unpaired) electrons. The summed E-state index contributed by atoms with van der Waals surface area (Å²) in [7, 11) is 0. The number of hydrogen-bond donors (Lipinski definition) is 2. The second-order valence-electron chi connectivity index (χ2n) is 5.70. The molecule has 2 N–H and O–H groups in total. The number of nitrogens with one attached hydrogen (secondary N) is 1. The monoisotopic (exact) mass is 252 g/mol. The Morgan fingerprint density at radius 3 is 2.61 bits per heavy atom. The van der Waals surface area contributed by atoms with Crippen molar-refractivity contribution in [2.75, 3.05) is 6.61 Å². The number of aryl methyl sites for hydroxylation is 1. The van der Waals surface area contributed by atoms with Crippen molar-refractivity contribution < 1.29 is 5.11 Å². The van der Waals surface area contributed by atoms with Gasteiger partial charge in [-0.1, -0.05) is 20.8 Å². The van der Waals surface area contributed by atoms with Crippen LogP contribution >= 0.6 is 0 Å². The highest BCUT2D eigenvalue weighted by Gasteiger charge is 2.11. The normalized spacial score (nSPS) is 15.0. The fourth-order valence-corrected chi connectivity index (χ4v) is 1.85. The molecule has 104 valence electrons. The predicted molar refractivity (Wildman–Crippen MR) is 76.4 cm³/mol. The average Bonchev–Trinajstić information content (AvgIpc) is 2.79. The van der Waals surface area contributed by atoms with Gasteiger partial charge in [-0.25, -0.2) is 0 Å². The zero-order valence-corrected chi connectivity index (χ0v) is 12.2. The molecule has 2 unspecified atom stereocenters. The summed E-state index contributed by atoms with van der Waals surface area (Å²) in [6.07, 6.45) is 3.36. The molecule has 0 aliphatic rings. The lowest BCUT2D eigenvalue weighted by molar-refractivity contribution is 0.206. The van der Waals surface area contributed by atoms with Crippen molar-refractivity contribution >= 4 is 0 Å². The fraction of sp³-hybridized carbons (Fsp3) is 0.733. The molecule has 1 aromatic rings. The number of aromatic nitrogens is 1. The van der Waals surface area contributed by atoms with Crippen LogP contribution in [-0.2, 0) is 13.1 Å². The van der Waals surface area contributed by atoms with Gasteiger partial charge in [-0.3, -0.25) is 0 Å². The third kappa shape index (κ3) is 4.83. The van der Waals surface area contributed by atoms with Crippen LogP contribution in [0.2, 0.25) is 0 Å². The molecule has 1 rings (SSSR count). The van der Waals surface area contributed by atoms with Gasteiger partial charge in [-0.15, -0.1) is 0 Å². The van der Waals surface area contributed by atoms with Crippen LogP contribution in [0, 0.1) is 11.8 Å². The van der Waals surface area contributed by atoms with Gasteiger partial charge >= 0.3 is 0 Å². The van der Waals surface area contributed by atoms with Crippen LogP contribution in [-0.4, -0.2) is 22.3 Å². The van der Waals surface area contributed by atoms with E-state index < -0.39 is 0 Å². The fourth-order valence-electron chi connectivity index (χ4n) is 1.85. The van der Waals surface area contributed by atoms with E-state index in [4.69, 9.17) is 5.11 Å². The van der Waals surface area contributed by atoms with E-state index in [1.807, 2.05) is 0 Å². The minimum absolute atomic E-state index is 0.239. The predicted octanol–water partition coefficient (Wildman–Crippen LogP) is 2.64. The van der Waals surface area contributed by atoms with Crippen LogP contribution in [0.3, 0.4) is 0 Å². The average molecular weight is 252 g/mol. The molecule has 2 atom stereocenters. The molecule has 0 aromatic carbocycles. The molecule has 3 heteroatoms. The second-order valence-corrected chi connectivity index (χ2v) is 5.70. The Labute approximate surface area is 111 Å². The Morgan fingerprint density at radius 1 is 1.28 bits per heavy atom. The van der Waals surface area contributed by atoms with Crippen LogP contribution in [0.25, 0.3) is 0 Å². The number of hydrogen-bond acceptors (Lipinski definition) is 2. The summed E-state index contributed by atoms with van der Waals surface area (Å²) in [5, 5.41) is 12.6. The minimum atomic E-state index is 0.239. The maximum atomic E-state index is 9.12. The number of aliphatic hydroxyl groups is 1. The molecule has 0 aliphatic heterocycles. The van der Waals surface area contributed by atoms with Gasteiger partial charge in [0.25, 0.3) is 0 Å². The van der Waals surface area contributed by atoms with Crippen LogP contribution in [0.4, 0.5) is 0 Å². The van der Waals surface area contributed by atoms with E-state index >= 15 is 0 Å². The summed E-state index contributed by atoms with van der Waals surface area (Å²) in [5.41, 5.74) is 1.33. The first-order valence-corrected chi connectivity index (χ1v) is 7.02. The SMILES string of the molecule is CC(C)CCn1cccc1CNC(C)C(C)CO. The molecule has 1 heterocycles. The van der Waals surface area contributed by atoms with Crippen molar-refractivity contribution in [3.8, 4) is 0 Å². The lowest BCUT2D eigenvalue weighted by Gasteiger charge is -2.20. The number of rotatable bonds is 8. The van der Waals surface area contributed by atoms with Crippen molar-refractivity contribution in [2.24, 2.45) is 11.8 Å². The Balaban J connectivity index is 2.45. The summed E-state index contributed by atoms with van der Waals surface area (Å²) in [6, 6.07) is 4.62. The van der Waals surface area contributed by atoms with Crippen LogP contribution in [0.5, 0.6) is 0 Å². The van der Waals surface area contributed by atoms with Gasteiger partial charge in [0.15, 0.2) is 0 Å². The summed E-state index contributed by atoms with van der Waals surface area (Å²) in [6.45, 7) is 10.9. The van der Waals surface area contributed by atoms with Crippen molar-refractivity contribution in [1.29, 1.82) is 0 Å². The molecular formula is C15H28N2O. The molecular weight excluding hydrogens is 224 g/mol. The molecule has 0 saturated carbocycles. The van der Waals surface area contributed by atoms with E-state index in [9.17, 15) is 0 Å². The van der Waals surface area contributed by atoms with E-state index in [2.05, 4.69) is 55.9 Å². The summed E-state index contributed by atoms with van der Waals surface area (Å²) < 4.78 is 2.32. The first kappa shape index (κ1) is 15.3. The third-order valence-corrected chi connectivity index (χ3v) is 3.62. The van der Waals surface area contributed by atoms with Crippen LogP contribution in [0.15, 0.2) is 18.3 Å². The summed E-state index contributed by atoms with van der Waals surface area (Å²) in [4.78, 5) is 0.